The minimum Gasteiger partial charge on any atom is -0.309 e. The standard InChI is InChI=1S/C48H43N3O2.C2H6/c1-29(2)31-18-16-17-30(3)44(31)51-45(52)42-40(49-36-23-12-8-19-32(36)47(4,5)33-20-9-13-24-37(33)49)27-28-41(43(42)46(51)53)50-38-25-14-10-21-34(38)48(6,7)35-22-11-15-26-39(35)50;1-2/h8-29H,1-7H3;1-2H3. The van der Waals surface area contributed by atoms with Crippen LogP contribution in [0.2, 0.25) is 0 Å². The van der Waals surface area contributed by atoms with Crippen molar-refractivity contribution in [3.05, 3.63) is 172 Å². The molecule has 0 N–H and O–H groups in total. The van der Waals surface area contributed by atoms with E-state index in [2.05, 4.69) is 161 Å². The van der Waals surface area contributed by atoms with E-state index in [1.54, 1.807) is 0 Å². The number of aryl methyl sites for hydroxylation is 1. The number of anilines is 7. The van der Waals surface area contributed by atoms with Gasteiger partial charge in [0.2, 0.25) is 0 Å². The molecule has 55 heavy (non-hydrogen) atoms. The Hall–Kier alpha value is -5.94. The Morgan fingerprint density at radius 3 is 1.13 bits per heavy atom. The van der Waals surface area contributed by atoms with Crippen molar-refractivity contribution in [1.29, 1.82) is 0 Å². The van der Waals surface area contributed by atoms with Crippen LogP contribution >= 0.6 is 0 Å². The van der Waals surface area contributed by atoms with Gasteiger partial charge in [0.25, 0.3) is 11.8 Å². The number of carbonyl (C=O) groups is 2. The minimum absolute atomic E-state index is 0.0966. The molecule has 0 saturated heterocycles. The molecule has 3 aliphatic heterocycles. The summed E-state index contributed by atoms with van der Waals surface area (Å²) in [5.41, 5.74) is 12.8. The number of fused-ring (bicyclic) bond motifs is 5. The zero-order valence-electron chi connectivity index (χ0n) is 33.4. The topological polar surface area (TPSA) is 43.9 Å². The van der Waals surface area contributed by atoms with E-state index in [0.29, 0.717) is 28.2 Å². The molecule has 0 saturated carbocycles. The lowest BCUT2D eigenvalue weighted by molar-refractivity contribution is 0.0926. The lowest BCUT2D eigenvalue weighted by Crippen LogP contribution is -2.33. The summed E-state index contributed by atoms with van der Waals surface area (Å²) >= 11 is 0. The highest BCUT2D eigenvalue weighted by molar-refractivity contribution is 6.38. The second-order valence-electron chi connectivity index (χ2n) is 16.0. The summed E-state index contributed by atoms with van der Waals surface area (Å²) in [6, 6.07) is 43.9. The van der Waals surface area contributed by atoms with E-state index in [1.807, 2.05) is 39.0 Å². The van der Waals surface area contributed by atoms with Gasteiger partial charge in [-0.3, -0.25) is 9.59 Å². The van der Waals surface area contributed by atoms with Gasteiger partial charge in [0.05, 0.1) is 50.9 Å². The molecule has 0 fully saturated rings. The van der Waals surface area contributed by atoms with E-state index in [4.69, 9.17) is 0 Å². The van der Waals surface area contributed by atoms with Gasteiger partial charge in [0.15, 0.2) is 0 Å². The van der Waals surface area contributed by atoms with E-state index >= 15 is 9.59 Å². The zero-order chi connectivity index (χ0) is 39.0. The molecule has 3 heterocycles. The van der Waals surface area contributed by atoms with Gasteiger partial charge in [-0.1, -0.05) is 146 Å². The predicted molar refractivity (Wildman–Crippen MR) is 228 cm³/mol. The Balaban J connectivity index is 0.00000210. The average molecular weight is 724 g/mol. The lowest BCUT2D eigenvalue weighted by atomic mass is 9.73. The Labute approximate surface area is 325 Å². The molecule has 6 aromatic rings. The third-order valence-corrected chi connectivity index (χ3v) is 11.9. The van der Waals surface area contributed by atoms with Crippen molar-refractivity contribution in [3.63, 3.8) is 0 Å². The van der Waals surface area contributed by atoms with Crippen molar-refractivity contribution < 1.29 is 9.59 Å². The van der Waals surface area contributed by atoms with E-state index in [-0.39, 0.29) is 28.6 Å². The third kappa shape index (κ3) is 5.12. The number of benzene rings is 6. The van der Waals surface area contributed by atoms with Gasteiger partial charge in [-0.05, 0) is 82.6 Å². The van der Waals surface area contributed by atoms with Gasteiger partial charge in [-0.2, -0.15) is 0 Å². The van der Waals surface area contributed by atoms with Crippen LogP contribution in [0.4, 0.5) is 39.8 Å². The molecule has 2 amide bonds. The molecular formula is C50H49N3O2. The Morgan fingerprint density at radius 1 is 0.436 bits per heavy atom. The van der Waals surface area contributed by atoms with Gasteiger partial charge in [0.1, 0.15) is 0 Å². The summed E-state index contributed by atoms with van der Waals surface area (Å²) < 4.78 is 0. The molecule has 3 aliphatic rings. The van der Waals surface area contributed by atoms with Gasteiger partial charge >= 0.3 is 0 Å². The second-order valence-corrected chi connectivity index (χ2v) is 16.0. The van der Waals surface area contributed by atoms with Crippen molar-refractivity contribution in [2.24, 2.45) is 0 Å². The van der Waals surface area contributed by atoms with Crippen molar-refractivity contribution in [2.45, 2.75) is 79.1 Å². The quantitative estimate of drug-likeness (QED) is 0.170. The Bertz CT molecular complexity index is 2280. The molecule has 0 spiro atoms. The molecule has 6 aromatic carbocycles. The fourth-order valence-corrected chi connectivity index (χ4v) is 9.22. The summed E-state index contributed by atoms with van der Waals surface area (Å²) in [4.78, 5) is 36.7. The van der Waals surface area contributed by atoms with Crippen LogP contribution in [-0.4, -0.2) is 11.8 Å². The maximum atomic E-state index is 15.4. The molecule has 0 aromatic heterocycles. The van der Waals surface area contributed by atoms with Crippen LogP contribution in [0.15, 0.2) is 127 Å². The fraction of sp³-hybridized carbons (Fsp3) is 0.240. The number of rotatable bonds is 4. The van der Waals surface area contributed by atoms with E-state index in [0.717, 1.165) is 56.1 Å². The molecule has 0 unspecified atom stereocenters. The molecule has 0 radical (unpaired) electrons. The smallest absolute Gasteiger partial charge is 0.268 e. The number of carbonyl (C=O) groups excluding carboxylic acids is 2. The van der Waals surface area contributed by atoms with Crippen LogP contribution in [0.3, 0.4) is 0 Å². The Kier molecular flexibility index (Phi) is 8.60. The normalized spacial score (nSPS) is 15.8. The van der Waals surface area contributed by atoms with Crippen LogP contribution < -0.4 is 14.7 Å². The van der Waals surface area contributed by atoms with Gasteiger partial charge in [-0.25, -0.2) is 4.90 Å². The second kappa shape index (κ2) is 13.1. The third-order valence-electron chi connectivity index (χ3n) is 11.9. The molecule has 5 heteroatoms. The SMILES string of the molecule is CC.Cc1cccc(C(C)C)c1N1C(=O)c2c(N3c4ccccc4C(C)(C)c4ccccc43)ccc(N3c4ccccc4C(C)(C)c4ccccc43)c2C1=O. The maximum Gasteiger partial charge on any atom is 0.268 e. The number of hydrogen-bond donors (Lipinski definition) is 0. The number of para-hydroxylation sites is 5. The number of hydrogen-bond acceptors (Lipinski definition) is 4. The number of amides is 2. The highest BCUT2D eigenvalue weighted by Crippen LogP contribution is 2.57. The largest absolute Gasteiger partial charge is 0.309 e. The lowest BCUT2D eigenvalue weighted by Gasteiger charge is -2.43. The molecular weight excluding hydrogens is 675 g/mol. The summed E-state index contributed by atoms with van der Waals surface area (Å²) in [5.74, 6) is -0.521. The summed E-state index contributed by atoms with van der Waals surface area (Å²) in [5, 5.41) is 0. The fourth-order valence-electron chi connectivity index (χ4n) is 9.22. The van der Waals surface area contributed by atoms with Crippen LogP contribution in [0.5, 0.6) is 0 Å². The number of imide groups is 1. The van der Waals surface area contributed by atoms with Gasteiger partial charge < -0.3 is 9.80 Å². The highest BCUT2D eigenvalue weighted by Gasteiger charge is 2.47. The summed E-state index contributed by atoms with van der Waals surface area (Å²) in [7, 11) is 0. The van der Waals surface area contributed by atoms with Crippen LogP contribution in [0.1, 0.15) is 115 Å². The molecule has 0 aliphatic carbocycles. The first-order valence-electron chi connectivity index (χ1n) is 19.6. The predicted octanol–water partition coefficient (Wildman–Crippen LogP) is 13.2. The first-order chi connectivity index (χ1) is 26.4. The number of nitrogens with zero attached hydrogens (tertiary/aromatic N) is 3. The Morgan fingerprint density at radius 2 is 0.782 bits per heavy atom. The van der Waals surface area contributed by atoms with Gasteiger partial charge in [-0.15, -0.1) is 0 Å². The molecule has 276 valence electrons. The van der Waals surface area contributed by atoms with Crippen molar-refractivity contribution in [2.75, 3.05) is 14.7 Å². The van der Waals surface area contributed by atoms with Crippen LogP contribution in [0, 0.1) is 6.92 Å². The van der Waals surface area contributed by atoms with E-state index in [1.165, 1.54) is 4.90 Å². The monoisotopic (exact) mass is 723 g/mol. The van der Waals surface area contributed by atoms with Gasteiger partial charge in [0, 0.05) is 10.8 Å². The minimum atomic E-state index is -0.309. The first-order valence-corrected chi connectivity index (χ1v) is 19.6. The van der Waals surface area contributed by atoms with Crippen LogP contribution in [0.25, 0.3) is 0 Å². The van der Waals surface area contributed by atoms with Crippen molar-refractivity contribution in [1.82, 2.24) is 0 Å². The first kappa shape index (κ1) is 36.1. The zero-order valence-corrected chi connectivity index (χ0v) is 33.4. The van der Waals surface area contributed by atoms with Crippen molar-refractivity contribution in [3.8, 4) is 0 Å². The molecule has 0 atom stereocenters. The average Bonchev–Trinajstić information content (AvgIpc) is 3.45. The molecule has 9 rings (SSSR count). The summed E-state index contributed by atoms with van der Waals surface area (Å²) in [6.07, 6.45) is 0. The molecule has 0 bridgehead atoms. The maximum absolute atomic E-state index is 15.4. The highest BCUT2D eigenvalue weighted by atomic mass is 16.2. The van der Waals surface area contributed by atoms with Crippen molar-refractivity contribution >= 4 is 51.6 Å². The van der Waals surface area contributed by atoms with E-state index in [9.17, 15) is 0 Å². The van der Waals surface area contributed by atoms with E-state index < -0.39 is 0 Å². The summed E-state index contributed by atoms with van der Waals surface area (Å²) in [6.45, 7) is 19.2. The molecule has 5 nitrogen and oxygen atoms in total. The van der Waals surface area contributed by atoms with Crippen LogP contribution in [-0.2, 0) is 10.8 Å².